The van der Waals surface area contributed by atoms with Gasteiger partial charge in [0.1, 0.15) is 0 Å². The Balaban J connectivity index is 1.77. The lowest BCUT2D eigenvalue weighted by atomic mass is 10.2. The van der Waals surface area contributed by atoms with Crippen LogP contribution >= 0.6 is 0 Å². The second-order valence-electron chi connectivity index (χ2n) is 4.05. The van der Waals surface area contributed by atoms with E-state index in [1.807, 2.05) is 0 Å². The maximum atomic E-state index is 5.74. The molecule has 70 valence electrons. The van der Waals surface area contributed by atoms with E-state index < -0.39 is 0 Å². The average molecular weight is 169 g/mol. The monoisotopic (exact) mass is 169 g/mol. The first-order valence-electron chi connectivity index (χ1n) is 5.24. The van der Waals surface area contributed by atoms with Crippen molar-refractivity contribution in [2.45, 2.75) is 32.3 Å². The van der Waals surface area contributed by atoms with E-state index in [1.54, 1.807) is 0 Å². The molecule has 1 atom stereocenters. The van der Waals surface area contributed by atoms with Gasteiger partial charge in [0.15, 0.2) is 0 Å². The summed E-state index contributed by atoms with van der Waals surface area (Å²) < 4.78 is 5.74. The Bertz CT molecular complexity index is 143. The summed E-state index contributed by atoms with van der Waals surface area (Å²) in [5.41, 5.74) is 0. The summed E-state index contributed by atoms with van der Waals surface area (Å²) in [6.45, 7) is 6.81. The second-order valence-corrected chi connectivity index (χ2v) is 4.05. The molecule has 1 saturated carbocycles. The Labute approximate surface area is 74.9 Å². The molecule has 0 aromatic carbocycles. The fraction of sp³-hybridized carbons (Fsp3) is 1.00. The van der Waals surface area contributed by atoms with E-state index in [1.165, 1.54) is 32.4 Å². The van der Waals surface area contributed by atoms with Crippen LogP contribution in [-0.2, 0) is 4.74 Å². The normalized spacial score (nSPS) is 32.2. The molecule has 0 aromatic rings. The van der Waals surface area contributed by atoms with Crippen LogP contribution in [0.3, 0.4) is 0 Å². The molecule has 2 fully saturated rings. The molecule has 0 spiro atoms. The van der Waals surface area contributed by atoms with Gasteiger partial charge < -0.3 is 4.74 Å². The van der Waals surface area contributed by atoms with Gasteiger partial charge in [0, 0.05) is 13.1 Å². The molecule has 0 aromatic heterocycles. The summed E-state index contributed by atoms with van der Waals surface area (Å²) in [4.78, 5) is 2.55. The highest BCUT2D eigenvalue weighted by Gasteiger charge is 2.34. The van der Waals surface area contributed by atoms with Gasteiger partial charge in [0.05, 0.1) is 12.7 Å². The fourth-order valence-corrected chi connectivity index (χ4v) is 2.00. The van der Waals surface area contributed by atoms with Crippen molar-refractivity contribution < 1.29 is 4.74 Å². The molecular formula is C10H19NO. The van der Waals surface area contributed by atoms with Crippen LogP contribution in [0, 0.1) is 5.92 Å². The molecule has 2 rings (SSSR count). The third-order valence-electron chi connectivity index (χ3n) is 2.87. The molecule has 1 aliphatic heterocycles. The Hall–Kier alpha value is -0.0800. The zero-order chi connectivity index (χ0) is 8.39. The van der Waals surface area contributed by atoms with E-state index in [-0.39, 0.29) is 0 Å². The number of hydrogen-bond donors (Lipinski definition) is 0. The lowest BCUT2D eigenvalue weighted by Gasteiger charge is -2.32. The number of morpholine rings is 1. The molecule has 12 heavy (non-hydrogen) atoms. The predicted molar refractivity (Wildman–Crippen MR) is 49.2 cm³/mol. The van der Waals surface area contributed by atoms with E-state index >= 15 is 0 Å². The SMILES string of the molecule is CCCN1CCOC(C2CC2)C1. The molecule has 1 unspecified atom stereocenters. The number of nitrogens with zero attached hydrogens (tertiary/aromatic N) is 1. The lowest BCUT2D eigenvalue weighted by molar-refractivity contribution is -0.0389. The first-order valence-corrected chi connectivity index (χ1v) is 5.24. The van der Waals surface area contributed by atoms with Gasteiger partial charge >= 0.3 is 0 Å². The van der Waals surface area contributed by atoms with Crippen molar-refractivity contribution in [2.75, 3.05) is 26.2 Å². The second kappa shape index (κ2) is 3.75. The van der Waals surface area contributed by atoms with Gasteiger partial charge in [-0.3, -0.25) is 4.90 Å². The minimum Gasteiger partial charge on any atom is -0.375 e. The van der Waals surface area contributed by atoms with Gasteiger partial charge in [-0.25, -0.2) is 0 Å². The van der Waals surface area contributed by atoms with Crippen LogP contribution in [0.2, 0.25) is 0 Å². The molecular weight excluding hydrogens is 150 g/mol. The minimum atomic E-state index is 0.574. The quantitative estimate of drug-likeness (QED) is 0.635. The molecule has 0 N–H and O–H groups in total. The summed E-state index contributed by atoms with van der Waals surface area (Å²) in [6, 6.07) is 0. The Morgan fingerprint density at radius 1 is 1.42 bits per heavy atom. The van der Waals surface area contributed by atoms with Crippen LogP contribution in [0.5, 0.6) is 0 Å². The van der Waals surface area contributed by atoms with Gasteiger partial charge in [-0.15, -0.1) is 0 Å². The first kappa shape index (κ1) is 8.52. The van der Waals surface area contributed by atoms with Gasteiger partial charge in [-0.1, -0.05) is 6.92 Å². The average Bonchev–Trinajstić information content (AvgIpc) is 2.88. The topological polar surface area (TPSA) is 12.5 Å². The molecule has 1 heterocycles. The third kappa shape index (κ3) is 1.99. The van der Waals surface area contributed by atoms with Gasteiger partial charge in [-0.2, -0.15) is 0 Å². The van der Waals surface area contributed by atoms with Crippen LogP contribution in [0.4, 0.5) is 0 Å². The van der Waals surface area contributed by atoms with E-state index in [9.17, 15) is 0 Å². The first-order chi connectivity index (χ1) is 5.90. The maximum absolute atomic E-state index is 5.74. The van der Waals surface area contributed by atoms with Crippen molar-refractivity contribution in [1.82, 2.24) is 4.90 Å². The molecule has 2 nitrogen and oxygen atoms in total. The van der Waals surface area contributed by atoms with Crippen molar-refractivity contribution in [3.63, 3.8) is 0 Å². The Kier molecular flexibility index (Phi) is 2.66. The van der Waals surface area contributed by atoms with Crippen LogP contribution in [-0.4, -0.2) is 37.2 Å². The van der Waals surface area contributed by atoms with Crippen molar-refractivity contribution in [3.8, 4) is 0 Å². The Morgan fingerprint density at radius 3 is 2.92 bits per heavy atom. The summed E-state index contributed by atoms with van der Waals surface area (Å²) >= 11 is 0. The zero-order valence-corrected chi connectivity index (χ0v) is 7.96. The minimum absolute atomic E-state index is 0.574. The van der Waals surface area contributed by atoms with E-state index in [4.69, 9.17) is 4.74 Å². The third-order valence-corrected chi connectivity index (χ3v) is 2.87. The molecule has 2 aliphatic rings. The maximum Gasteiger partial charge on any atom is 0.0730 e. The summed E-state index contributed by atoms with van der Waals surface area (Å²) in [5, 5.41) is 0. The molecule has 0 amide bonds. The van der Waals surface area contributed by atoms with Crippen LogP contribution < -0.4 is 0 Å². The highest BCUT2D eigenvalue weighted by atomic mass is 16.5. The molecule has 2 heteroatoms. The van der Waals surface area contributed by atoms with E-state index in [2.05, 4.69) is 11.8 Å². The largest absolute Gasteiger partial charge is 0.375 e. The molecule has 1 aliphatic carbocycles. The highest BCUT2D eigenvalue weighted by molar-refractivity contribution is 4.86. The van der Waals surface area contributed by atoms with Crippen molar-refractivity contribution in [2.24, 2.45) is 5.92 Å². The lowest BCUT2D eigenvalue weighted by Crippen LogP contribution is -2.43. The summed E-state index contributed by atoms with van der Waals surface area (Å²) in [6.07, 6.45) is 4.66. The zero-order valence-electron chi connectivity index (χ0n) is 7.96. The van der Waals surface area contributed by atoms with Crippen molar-refractivity contribution >= 4 is 0 Å². The summed E-state index contributed by atoms with van der Waals surface area (Å²) in [5.74, 6) is 0.907. The van der Waals surface area contributed by atoms with Gasteiger partial charge in [-0.05, 0) is 31.7 Å². The smallest absolute Gasteiger partial charge is 0.0730 e. The number of ether oxygens (including phenoxy) is 1. The van der Waals surface area contributed by atoms with E-state index in [0.29, 0.717) is 6.10 Å². The van der Waals surface area contributed by atoms with Gasteiger partial charge in [0.2, 0.25) is 0 Å². The molecule has 1 saturated heterocycles. The van der Waals surface area contributed by atoms with Crippen LogP contribution in [0.1, 0.15) is 26.2 Å². The Morgan fingerprint density at radius 2 is 2.25 bits per heavy atom. The molecule has 0 radical (unpaired) electrons. The number of hydrogen-bond acceptors (Lipinski definition) is 2. The van der Waals surface area contributed by atoms with Gasteiger partial charge in [0.25, 0.3) is 0 Å². The van der Waals surface area contributed by atoms with E-state index in [0.717, 1.165) is 19.1 Å². The fourth-order valence-electron chi connectivity index (χ4n) is 2.00. The van der Waals surface area contributed by atoms with Crippen molar-refractivity contribution in [3.05, 3.63) is 0 Å². The predicted octanol–water partition coefficient (Wildman–Crippen LogP) is 1.51. The standard InChI is InChI=1S/C10H19NO/c1-2-5-11-6-7-12-10(8-11)9-3-4-9/h9-10H,2-8H2,1H3. The van der Waals surface area contributed by atoms with Crippen molar-refractivity contribution in [1.29, 1.82) is 0 Å². The summed E-state index contributed by atoms with van der Waals surface area (Å²) in [7, 11) is 0. The van der Waals surface area contributed by atoms with Crippen LogP contribution in [0.25, 0.3) is 0 Å². The highest BCUT2D eigenvalue weighted by Crippen LogP contribution is 2.35. The number of rotatable bonds is 3. The molecule has 0 bridgehead atoms. The van der Waals surface area contributed by atoms with Crippen LogP contribution in [0.15, 0.2) is 0 Å².